The van der Waals surface area contributed by atoms with E-state index in [1.165, 1.54) is 0 Å². The monoisotopic (exact) mass is 233 g/mol. The first-order chi connectivity index (χ1) is 8.15. The van der Waals surface area contributed by atoms with Crippen LogP contribution in [0.1, 0.15) is 38.7 Å². The Morgan fingerprint density at radius 2 is 2.06 bits per heavy atom. The number of nitrogens with zero attached hydrogens (tertiary/aromatic N) is 1. The van der Waals surface area contributed by atoms with E-state index in [1.54, 1.807) is 0 Å². The first-order valence-corrected chi connectivity index (χ1v) is 6.25. The molecule has 92 valence electrons. The number of hydrogen-bond donors (Lipinski definition) is 0. The molecule has 1 aromatic rings. The number of anilines is 1. The van der Waals surface area contributed by atoms with E-state index in [4.69, 9.17) is 4.74 Å². The van der Waals surface area contributed by atoms with Gasteiger partial charge in [-0.05, 0) is 31.4 Å². The molecular formula is C14H19NO2. The lowest BCUT2D eigenvalue weighted by atomic mass is 9.94. The van der Waals surface area contributed by atoms with E-state index >= 15 is 0 Å². The summed E-state index contributed by atoms with van der Waals surface area (Å²) in [5, 5.41) is 0. The summed E-state index contributed by atoms with van der Waals surface area (Å²) in [7, 11) is 0. The smallest absolute Gasteiger partial charge is 0.311 e. The summed E-state index contributed by atoms with van der Waals surface area (Å²) in [5.74, 6) is 0.872. The number of carbonyl (C=O) groups excluding carboxylic acids is 1. The van der Waals surface area contributed by atoms with E-state index in [2.05, 4.69) is 37.8 Å². The zero-order valence-corrected chi connectivity index (χ0v) is 10.7. The van der Waals surface area contributed by atoms with Crippen LogP contribution in [0.2, 0.25) is 0 Å². The largest absolute Gasteiger partial charge is 0.426 e. The van der Waals surface area contributed by atoms with Crippen molar-refractivity contribution in [1.29, 1.82) is 0 Å². The van der Waals surface area contributed by atoms with Crippen LogP contribution in [0, 0.1) is 0 Å². The van der Waals surface area contributed by atoms with Crippen LogP contribution in [0.3, 0.4) is 0 Å². The number of benzene rings is 1. The lowest BCUT2D eigenvalue weighted by Gasteiger charge is -2.26. The van der Waals surface area contributed by atoms with E-state index in [0.717, 1.165) is 30.1 Å². The van der Waals surface area contributed by atoms with Gasteiger partial charge in [0.25, 0.3) is 0 Å². The van der Waals surface area contributed by atoms with Crippen LogP contribution in [0.15, 0.2) is 18.2 Å². The van der Waals surface area contributed by atoms with Crippen molar-refractivity contribution in [3.63, 3.8) is 0 Å². The number of carbonyl (C=O) groups is 1. The molecule has 0 saturated carbocycles. The van der Waals surface area contributed by atoms with Crippen molar-refractivity contribution in [2.24, 2.45) is 0 Å². The second-order valence-corrected chi connectivity index (χ2v) is 4.47. The maximum atomic E-state index is 11.4. The van der Waals surface area contributed by atoms with Gasteiger partial charge in [0.2, 0.25) is 0 Å². The predicted octanol–water partition coefficient (Wildman–Crippen LogP) is 2.95. The fraction of sp³-hybridized carbons (Fsp3) is 0.500. The second kappa shape index (κ2) is 4.78. The third-order valence-corrected chi connectivity index (χ3v) is 3.35. The Balaban J connectivity index is 2.36. The maximum absolute atomic E-state index is 11.4. The van der Waals surface area contributed by atoms with Gasteiger partial charge in [-0.1, -0.05) is 13.0 Å². The number of ether oxygens (including phenoxy) is 1. The molecule has 0 radical (unpaired) electrons. The Hall–Kier alpha value is -1.51. The number of rotatable bonds is 3. The van der Waals surface area contributed by atoms with Crippen molar-refractivity contribution in [1.82, 2.24) is 0 Å². The number of hydrogen-bond acceptors (Lipinski definition) is 3. The van der Waals surface area contributed by atoms with Gasteiger partial charge in [0.05, 0.1) is 6.42 Å². The van der Waals surface area contributed by atoms with Crippen LogP contribution >= 0.6 is 0 Å². The molecule has 3 heteroatoms. The van der Waals surface area contributed by atoms with Crippen molar-refractivity contribution >= 4 is 11.7 Å². The Bertz CT molecular complexity index is 424. The Kier molecular flexibility index (Phi) is 3.36. The first-order valence-electron chi connectivity index (χ1n) is 6.25. The SMILES string of the molecule is CCN(CC)c1ccc2c(c1)OC(=O)C[C@H]2C. The highest BCUT2D eigenvalue weighted by molar-refractivity contribution is 5.77. The molecule has 0 aliphatic carbocycles. The summed E-state index contributed by atoms with van der Waals surface area (Å²) in [5.41, 5.74) is 2.26. The lowest BCUT2D eigenvalue weighted by molar-refractivity contribution is -0.135. The summed E-state index contributed by atoms with van der Waals surface area (Å²) in [6.07, 6.45) is 0.484. The van der Waals surface area contributed by atoms with Gasteiger partial charge >= 0.3 is 5.97 Å². The quantitative estimate of drug-likeness (QED) is 0.594. The molecule has 0 bridgehead atoms. The second-order valence-electron chi connectivity index (χ2n) is 4.47. The summed E-state index contributed by atoms with van der Waals surface area (Å²) < 4.78 is 5.32. The molecule has 0 N–H and O–H groups in total. The van der Waals surface area contributed by atoms with Gasteiger partial charge in [0, 0.05) is 24.8 Å². The molecule has 0 saturated heterocycles. The molecule has 1 aromatic carbocycles. The summed E-state index contributed by atoms with van der Waals surface area (Å²) in [6, 6.07) is 6.18. The molecule has 17 heavy (non-hydrogen) atoms. The van der Waals surface area contributed by atoms with Crippen LogP contribution in [-0.4, -0.2) is 19.1 Å². The van der Waals surface area contributed by atoms with Gasteiger partial charge in [-0.2, -0.15) is 0 Å². The minimum Gasteiger partial charge on any atom is -0.426 e. The summed E-state index contributed by atoms with van der Waals surface area (Å²) >= 11 is 0. The molecule has 0 aromatic heterocycles. The van der Waals surface area contributed by atoms with Crippen LogP contribution in [0.5, 0.6) is 5.75 Å². The molecular weight excluding hydrogens is 214 g/mol. The predicted molar refractivity (Wildman–Crippen MR) is 68.7 cm³/mol. The van der Waals surface area contributed by atoms with Gasteiger partial charge in [-0.3, -0.25) is 4.79 Å². The van der Waals surface area contributed by atoms with E-state index in [9.17, 15) is 4.79 Å². The van der Waals surface area contributed by atoms with Crippen molar-refractivity contribution in [3.8, 4) is 5.75 Å². The molecule has 3 nitrogen and oxygen atoms in total. The molecule has 0 unspecified atom stereocenters. The highest BCUT2D eigenvalue weighted by Crippen LogP contribution is 2.36. The highest BCUT2D eigenvalue weighted by atomic mass is 16.5. The van der Waals surface area contributed by atoms with Crippen molar-refractivity contribution in [3.05, 3.63) is 23.8 Å². The van der Waals surface area contributed by atoms with Gasteiger partial charge in [-0.25, -0.2) is 0 Å². The topological polar surface area (TPSA) is 29.5 Å². The van der Waals surface area contributed by atoms with Crippen LogP contribution in [0.4, 0.5) is 5.69 Å². The zero-order valence-electron chi connectivity index (χ0n) is 10.7. The minimum absolute atomic E-state index is 0.123. The van der Waals surface area contributed by atoms with Gasteiger partial charge in [-0.15, -0.1) is 0 Å². The minimum atomic E-state index is -0.123. The third-order valence-electron chi connectivity index (χ3n) is 3.35. The van der Waals surface area contributed by atoms with Crippen molar-refractivity contribution in [2.45, 2.75) is 33.1 Å². The standard InChI is InChI=1S/C14H19NO2/c1-4-15(5-2)11-6-7-12-10(3)8-14(16)17-13(12)9-11/h6-7,9-10H,4-5,8H2,1-3H3/t10-/m1/s1. The molecule has 0 amide bonds. The maximum Gasteiger partial charge on any atom is 0.311 e. The molecule has 1 heterocycles. The van der Waals surface area contributed by atoms with Gasteiger partial charge < -0.3 is 9.64 Å². The normalized spacial score (nSPS) is 18.5. The molecule has 0 spiro atoms. The van der Waals surface area contributed by atoms with Gasteiger partial charge in [0.1, 0.15) is 5.75 Å². The molecule has 1 atom stereocenters. The molecule has 2 rings (SSSR count). The van der Waals surface area contributed by atoms with Crippen molar-refractivity contribution < 1.29 is 9.53 Å². The van der Waals surface area contributed by atoms with E-state index < -0.39 is 0 Å². The Labute approximate surface area is 102 Å². The average Bonchev–Trinajstić information content (AvgIpc) is 2.30. The highest BCUT2D eigenvalue weighted by Gasteiger charge is 2.24. The Morgan fingerprint density at radius 3 is 2.71 bits per heavy atom. The van der Waals surface area contributed by atoms with E-state index in [0.29, 0.717) is 6.42 Å². The Morgan fingerprint density at radius 1 is 1.35 bits per heavy atom. The summed E-state index contributed by atoms with van der Waals surface area (Å²) in [6.45, 7) is 8.23. The van der Waals surface area contributed by atoms with Crippen molar-refractivity contribution in [2.75, 3.05) is 18.0 Å². The lowest BCUT2D eigenvalue weighted by Crippen LogP contribution is -2.23. The van der Waals surface area contributed by atoms with Gasteiger partial charge in [0.15, 0.2) is 0 Å². The van der Waals surface area contributed by atoms with Crippen LogP contribution < -0.4 is 9.64 Å². The average molecular weight is 233 g/mol. The van der Waals surface area contributed by atoms with E-state index in [1.807, 2.05) is 6.07 Å². The first kappa shape index (κ1) is 12.0. The number of esters is 1. The zero-order chi connectivity index (χ0) is 12.4. The molecule has 1 aliphatic heterocycles. The molecule has 0 fully saturated rings. The van der Waals surface area contributed by atoms with Crippen LogP contribution in [0.25, 0.3) is 0 Å². The fourth-order valence-electron chi connectivity index (χ4n) is 2.33. The fourth-order valence-corrected chi connectivity index (χ4v) is 2.33. The number of fused-ring (bicyclic) bond motifs is 1. The third kappa shape index (κ3) is 2.28. The molecule has 1 aliphatic rings. The van der Waals surface area contributed by atoms with E-state index in [-0.39, 0.29) is 11.9 Å². The summed E-state index contributed by atoms with van der Waals surface area (Å²) in [4.78, 5) is 13.7. The van der Waals surface area contributed by atoms with Crippen LogP contribution in [-0.2, 0) is 4.79 Å².